The summed E-state index contributed by atoms with van der Waals surface area (Å²) in [4.78, 5) is 4.92. The predicted octanol–water partition coefficient (Wildman–Crippen LogP) is 1.52. The van der Waals surface area contributed by atoms with Crippen LogP contribution < -0.4 is 5.32 Å². The number of rotatable bonds is 7. The van der Waals surface area contributed by atoms with Crippen LogP contribution in [0.3, 0.4) is 0 Å². The van der Waals surface area contributed by atoms with E-state index < -0.39 is 0 Å². The molecular formula is C14H35N3O. The van der Waals surface area contributed by atoms with Gasteiger partial charge in [-0.15, -0.1) is 0 Å². The summed E-state index contributed by atoms with van der Waals surface area (Å²) in [6.45, 7) is 13.1. The van der Waals surface area contributed by atoms with Gasteiger partial charge in [-0.1, -0.05) is 13.8 Å². The smallest absolute Gasteiger partial charge is 0.0594 e. The Labute approximate surface area is 115 Å². The molecular weight excluding hydrogens is 226 g/mol. The fraction of sp³-hybridized carbons (Fsp3) is 1.00. The van der Waals surface area contributed by atoms with Crippen LogP contribution in [0, 0.1) is 0 Å². The first-order valence-corrected chi connectivity index (χ1v) is 7.37. The molecule has 0 amide bonds. The minimum absolute atomic E-state index is 0. The van der Waals surface area contributed by atoms with Crippen LogP contribution in [0.5, 0.6) is 0 Å². The lowest BCUT2D eigenvalue weighted by Crippen LogP contribution is -2.37. The zero-order chi connectivity index (χ0) is 13.6. The summed E-state index contributed by atoms with van der Waals surface area (Å²) >= 11 is 0. The molecule has 1 aliphatic rings. The zero-order valence-corrected chi connectivity index (χ0v) is 12.9. The normalized spacial score (nSPS) is 16.5. The van der Waals surface area contributed by atoms with Crippen molar-refractivity contribution in [2.45, 2.75) is 26.7 Å². The molecule has 0 spiro atoms. The molecule has 0 bridgehead atoms. The van der Waals surface area contributed by atoms with Crippen molar-refractivity contribution in [3.8, 4) is 0 Å². The van der Waals surface area contributed by atoms with Crippen molar-refractivity contribution in [3.05, 3.63) is 0 Å². The molecule has 1 aliphatic heterocycles. The average molecular weight is 261 g/mol. The Bertz CT molecular complexity index is 165. The van der Waals surface area contributed by atoms with Gasteiger partial charge in [0, 0.05) is 14.5 Å². The van der Waals surface area contributed by atoms with Gasteiger partial charge < -0.3 is 15.0 Å². The highest BCUT2D eigenvalue weighted by Crippen LogP contribution is 1.99. The second-order valence-electron chi connectivity index (χ2n) is 4.82. The van der Waals surface area contributed by atoms with Crippen LogP contribution in [0.1, 0.15) is 28.1 Å². The summed E-state index contributed by atoms with van der Waals surface area (Å²) in [5, 5.41) is 2.93. The highest BCUT2D eigenvalue weighted by Gasteiger charge is 2.09. The summed E-state index contributed by atoms with van der Waals surface area (Å²) < 4.78 is 5.31. The van der Waals surface area contributed by atoms with Crippen molar-refractivity contribution in [1.82, 2.24) is 15.1 Å². The van der Waals surface area contributed by atoms with E-state index >= 15 is 0 Å². The monoisotopic (exact) mass is 261 g/mol. The maximum Gasteiger partial charge on any atom is 0.0594 e. The third kappa shape index (κ3) is 11.0. The van der Waals surface area contributed by atoms with Gasteiger partial charge in [-0.2, -0.15) is 0 Å². The first-order chi connectivity index (χ1) is 8.74. The molecule has 0 aliphatic carbocycles. The number of morpholine rings is 1. The van der Waals surface area contributed by atoms with Gasteiger partial charge >= 0.3 is 0 Å². The fourth-order valence-electron chi connectivity index (χ4n) is 1.88. The fourth-order valence-corrected chi connectivity index (χ4v) is 1.88. The minimum atomic E-state index is 0. The lowest BCUT2D eigenvalue weighted by molar-refractivity contribution is 0.0364. The van der Waals surface area contributed by atoms with E-state index in [1.165, 1.54) is 32.5 Å². The van der Waals surface area contributed by atoms with Crippen molar-refractivity contribution in [2.75, 3.05) is 66.6 Å². The summed E-state index contributed by atoms with van der Waals surface area (Å²) in [5.41, 5.74) is 0. The van der Waals surface area contributed by atoms with Gasteiger partial charge in [0.1, 0.15) is 0 Å². The molecule has 4 nitrogen and oxygen atoms in total. The van der Waals surface area contributed by atoms with Gasteiger partial charge in [0.25, 0.3) is 0 Å². The molecule has 1 rings (SSSR count). The lowest BCUT2D eigenvalue weighted by Gasteiger charge is -2.27. The van der Waals surface area contributed by atoms with Gasteiger partial charge in [-0.3, -0.25) is 4.90 Å². The van der Waals surface area contributed by atoms with E-state index in [1.54, 1.807) is 0 Å². The molecule has 0 atom stereocenters. The van der Waals surface area contributed by atoms with Gasteiger partial charge in [-0.25, -0.2) is 0 Å². The molecule has 1 heterocycles. The maximum absolute atomic E-state index is 5.31. The van der Waals surface area contributed by atoms with E-state index in [0.29, 0.717) is 0 Å². The Morgan fingerprint density at radius 2 is 1.83 bits per heavy atom. The maximum atomic E-state index is 5.31. The van der Waals surface area contributed by atoms with Crippen molar-refractivity contribution in [1.29, 1.82) is 0 Å². The molecule has 4 heteroatoms. The first kappa shape index (κ1) is 17.8. The standard InChI is InChI=1S/C11H24N2O.C3H9N.H2/c1-3-5-12(2)6-4-7-13-8-10-14-11-9-13;1-3-4-2;/h3-11H2,1-2H3;4H,3H2,1-2H3;1H. The number of ether oxygens (including phenoxy) is 1. The van der Waals surface area contributed by atoms with Gasteiger partial charge in [0.15, 0.2) is 0 Å². The highest BCUT2D eigenvalue weighted by atomic mass is 16.5. The molecule has 0 aromatic carbocycles. The predicted molar refractivity (Wildman–Crippen MR) is 81.4 cm³/mol. The first-order valence-electron chi connectivity index (χ1n) is 7.37. The largest absolute Gasteiger partial charge is 0.379 e. The molecule has 0 radical (unpaired) electrons. The van der Waals surface area contributed by atoms with Crippen molar-refractivity contribution in [2.24, 2.45) is 0 Å². The Kier molecular flexibility index (Phi) is 13.2. The van der Waals surface area contributed by atoms with Crippen LogP contribution in [0.15, 0.2) is 0 Å². The van der Waals surface area contributed by atoms with E-state index in [-0.39, 0.29) is 1.43 Å². The molecule has 1 saturated heterocycles. The third-order valence-corrected chi connectivity index (χ3v) is 3.08. The van der Waals surface area contributed by atoms with Crippen LogP contribution in [0.2, 0.25) is 0 Å². The SMILES string of the molecule is CCCN(C)CCCN1CCOCC1.CCNC.[HH]. The number of nitrogens with one attached hydrogen (secondary N) is 1. The molecule has 0 unspecified atom stereocenters. The molecule has 0 aromatic rings. The van der Waals surface area contributed by atoms with E-state index in [4.69, 9.17) is 4.74 Å². The number of hydrogen-bond donors (Lipinski definition) is 1. The van der Waals surface area contributed by atoms with E-state index in [9.17, 15) is 0 Å². The van der Waals surface area contributed by atoms with Crippen LogP contribution in [-0.2, 0) is 4.74 Å². The van der Waals surface area contributed by atoms with Crippen LogP contribution in [0.25, 0.3) is 0 Å². The quantitative estimate of drug-likeness (QED) is 0.752. The summed E-state index contributed by atoms with van der Waals surface area (Å²) in [6.07, 6.45) is 2.55. The van der Waals surface area contributed by atoms with E-state index in [2.05, 4.69) is 36.0 Å². The van der Waals surface area contributed by atoms with Crippen LogP contribution in [0.4, 0.5) is 0 Å². The van der Waals surface area contributed by atoms with Crippen LogP contribution >= 0.6 is 0 Å². The third-order valence-electron chi connectivity index (χ3n) is 3.08. The Hall–Kier alpha value is -0.160. The Morgan fingerprint density at radius 1 is 1.22 bits per heavy atom. The number of nitrogens with zero attached hydrogens (tertiary/aromatic N) is 2. The molecule has 1 fully saturated rings. The van der Waals surface area contributed by atoms with Crippen molar-refractivity contribution in [3.63, 3.8) is 0 Å². The second kappa shape index (κ2) is 13.3. The van der Waals surface area contributed by atoms with Crippen molar-refractivity contribution >= 4 is 0 Å². The Balaban J connectivity index is 0. The van der Waals surface area contributed by atoms with E-state index in [0.717, 1.165) is 32.8 Å². The zero-order valence-electron chi connectivity index (χ0n) is 12.9. The molecule has 0 saturated carbocycles. The van der Waals surface area contributed by atoms with Gasteiger partial charge in [0.05, 0.1) is 13.2 Å². The lowest BCUT2D eigenvalue weighted by atomic mass is 10.3. The molecule has 18 heavy (non-hydrogen) atoms. The van der Waals surface area contributed by atoms with Crippen molar-refractivity contribution < 1.29 is 6.16 Å². The summed E-state index contributed by atoms with van der Waals surface area (Å²) in [7, 11) is 4.14. The average Bonchev–Trinajstić information content (AvgIpc) is 2.40. The van der Waals surface area contributed by atoms with E-state index in [1.807, 2.05) is 7.05 Å². The minimum Gasteiger partial charge on any atom is -0.379 e. The molecule has 0 aromatic heterocycles. The molecule has 112 valence electrons. The number of hydrogen-bond acceptors (Lipinski definition) is 4. The Morgan fingerprint density at radius 3 is 2.33 bits per heavy atom. The van der Waals surface area contributed by atoms with Gasteiger partial charge in [-0.05, 0) is 53.1 Å². The van der Waals surface area contributed by atoms with Gasteiger partial charge in [0.2, 0.25) is 0 Å². The molecule has 1 N–H and O–H groups in total. The highest BCUT2D eigenvalue weighted by molar-refractivity contribution is 4.62. The topological polar surface area (TPSA) is 27.7 Å². The second-order valence-corrected chi connectivity index (χ2v) is 4.82. The summed E-state index contributed by atoms with van der Waals surface area (Å²) in [6, 6.07) is 0. The van der Waals surface area contributed by atoms with Crippen LogP contribution in [-0.4, -0.2) is 76.4 Å². The summed E-state index contributed by atoms with van der Waals surface area (Å²) in [5.74, 6) is 0.